The van der Waals surface area contributed by atoms with Crippen molar-refractivity contribution in [2.75, 3.05) is 4.72 Å². The summed E-state index contributed by atoms with van der Waals surface area (Å²) in [5, 5.41) is 4.62. The number of hydrogen-bond donors (Lipinski definition) is 3. The zero-order valence-electron chi connectivity index (χ0n) is 13.0. The summed E-state index contributed by atoms with van der Waals surface area (Å²) in [7, 11) is -4.14. The van der Waals surface area contributed by atoms with E-state index in [4.69, 9.17) is 0 Å². The molecule has 0 aromatic heterocycles. The molecule has 25 heavy (non-hydrogen) atoms. The Morgan fingerprint density at radius 1 is 1.08 bits per heavy atom. The van der Waals surface area contributed by atoms with Crippen LogP contribution in [-0.4, -0.2) is 20.4 Å². The van der Waals surface area contributed by atoms with Crippen LogP contribution in [0.15, 0.2) is 53.4 Å². The lowest BCUT2D eigenvalue weighted by Gasteiger charge is -2.21. The largest absolute Gasteiger partial charge is 0.322 e. The maximum Gasteiger partial charge on any atom is 0.322 e. The van der Waals surface area contributed by atoms with Crippen molar-refractivity contribution >= 4 is 27.6 Å². The van der Waals surface area contributed by atoms with Crippen LogP contribution in [0.1, 0.15) is 12.5 Å². The monoisotopic (exact) mass is 363 g/mol. The van der Waals surface area contributed by atoms with Gasteiger partial charge in [-0.3, -0.25) is 14.8 Å². The minimum absolute atomic E-state index is 0.135. The van der Waals surface area contributed by atoms with E-state index < -0.39 is 38.2 Å². The first-order valence-electron chi connectivity index (χ1n) is 7.24. The third kappa shape index (κ3) is 3.05. The summed E-state index contributed by atoms with van der Waals surface area (Å²) in [4.78, 5) is 22.9. The smallest absolute Gasteiger partial charge is 0.320 e. The number of benzene rings is 2. The fourth-order valence-corrected chi connectivity index (χ4v) is 3.64. The van der Waals surface area contributed by atoms with Crippen LogP contribution < -0.4 is 15.4 Å². The molecule has 2 aromatic carbocycles. The van der Waals surface area contributed by atoms with Crippen molar-refractivity contribution in [2.45, 2.75) is 17.4 Å². The molecule has 1 saturated heterocycles. The van der Waals surface area contributed by atoms with E-state index in [2.05, 4.69) is 15.4 Å². The zero-order valence-corrected chi connectivity index (χ0v) is 13.9. The second-order valence-electron chi connectivity index (χ2n) is 5.65. The van der Waals surface area contributed by atoms with Gasteiger partial charge in [-0.05, 0) is 36.8 Å². The van der Waals surface area contributed by atoms with E-state index in [9.17, 15) is 22.4 Å². The average molecular weight is 363 g/mol. The quantitative estimate of drug-likeness (QED) is 0.719. The molecule has 1 aliphatic rings. The minimum atomic E-state index is -4.14. The fourth-order valence-electron chi connectivity index (χ4n) is 2.51. The standard InChI is InChI=1S/C16H14FN3O4S/c1-16(14(21)18-15(22)19-16)10-5-4-6-11(9-10)20-25(23,24)13-8-3-2-7-12(13)17/h2-9,20H,1H3,(H2,18,19,21,22). The van der Waals surface area contributed by atoms with Crippen LogP contribution >= 0.6 is 0 Å². The zero-order chi connectivity index (χ0) is 18.2. The van der Waals surface area contributed by atoms with Gasteiger partial charge in [0.2, 0.25) is 0 Å². The van der Waals surface area contributed by atoms with Crippen molar-refractivity contribution < 1.29 is 22.4 Å². The Hall–Kier alpha value is -2.94. The van der Waals surface area contributed by atoms with Crippen LogP contribution in [0.25, 0.3) is 0 Å². The van der Waals surface area contributed by atoms with Gasteiger partial charge in [0.25, 0.3) is 15.9 Å². The van der Waals surface area contributed by atoms with Gasteiger partial charge in [-0.2, -0.15) is 0 Å². The minimum Gasteiger partial charge on any atom is -0.320 e. The van der Waals surface area contributed by atoms with Crippen molar-refractivity contribution in [3.8, 4) is 0 Å². The maximum atomic E-state index is 13.7. The Labute approximate surface area is 143 Å². The summed E-state index contributed by atoms with van der Waals surface area (Å²) in [6, 6.07) is 10.3. The van der Waals surface area contributed by atoms with Crippen molar-refractivity contribution in [3.63, 3.8) is 0 Å². The number of nitrogens with one attached hydrogen (secondary N) is 3. The van der Waals surface area contributed by atoms with Crippen LogP contribution in [0.4, 0.5) is 14.9 Å². The maximum absolute atomic E-state index is 13.7. The molecule has 7 nitrogen and oxygen atoms in total. The van der Waals surface area contributed by atoms with Crippen molar-refractivity contribution in [2.24, 2.45) is 0 Å². The summed E-state index contributed by atoms with van der Waals surface area (Å²) in [5.74, 6) is -1.42. The Balaban J connectivity index is 1.94. The van der Waals surface area contributed by atoms with E-state index in [-0.39, 0.29) is 5.69 Å². The number of anilines is 1. The molecule has 1 heterocycles. The molecule has 0 radical (unpaired) electrons. The van der Waals surface area contributed by atoms with Gasteiger partial charge in [0.15, 0.2) is 0 Å². The highest BCUT2D eigenvalue weighted by molar-refractivity contribution is 7.92. The summed E-state index contributed by atoms with van der Waals surface area (Å²) in [6.45, 7) is 1.50. The van der Waals surface area contributed by atoms with Crippen molar-refractivity contribution in [3.05, 3.63) is 59.9 Å². The van der Waals surface area contributed by atoms with Crippen molar-refractivity contribution in [1.29, 1.82) is 0 Å². The first-order valence-corrected chi connectivity index (χ1v) is 8.72. The summed E-state index contributed by atoms with van der Waals surface area (Å²) in [5.41, 5.74) is -0.809. The highest BCUT2D eigenvalue weighted by Crippen LogP contribution is 2.27. The lowest BCUT2D eigenvalue weighted by Crippen LogP contribution is -2.40. The Bertz CT molecular complexity index is 977. The summed E-state index contributed by atoms with van der Waals surface area (Å²) in [6.07, 6.45) is 0. The number of carbonyl (C=O) groups excluding carboxylic acids is 2. The fraction of sp³-hybridized carbons (Fsp3) is 0.125. The van der Waals surface area contributed by atoms with Crippen molar-refractivity contribution in [1.82, 2.24) is 10.6 Å². The predicted molar refractivity (Wildman–Crippen MR) is 87.7 cm³/mol. The van der Waals surface area contributed by atoms with Gasteiger partial charge in [-0.15, -0.1) is 0 Å². The first-order chi connectivity index (χ1) is 11.7. The molecule has 0 saturated carbocycles. The van der Waals surface area contributed by atoms with Gasteiger partial charge < -0.3 is 5.32 Å². The number of urea groups is 1. The molecule has 1 unspecified atom stereocenters. The van der Waals surface area contributed by atoms with E-state index in [0.717, 1.165) is 12.1 Å². The van der Waals surface area contributed by atoms with Gasteiger partial charge in [0.05, 0.1) is 0 Å². The number of halogens is 1. The Morgan fingerprint density at radius 3 is 2.44 bits per heavy atom. The first kappa shape index (κ1) is 16.9. The average Bonchev–Trinajstić information content (AvgIpc) is 2.81. The van der Waals surface area contributed by atoms with Crippen LogP contribution in [0, 0.1) is 5.82 Å². The van der Waals surface area contributed by atoms with E-state index in [1.807, 2.05) is 0 Å². The third-order valence-corrected chi connectivity index (χ3v) is 5.28. The van der Waals surface area contributed by atoms with Crippen LogP contribution in [-0.2, 0) is 20.4 Å². The topological polar surface area (TPSA) is 104 Å². The molecule has 1 aliphatic heterocycles. The van der Waals surface area contributed by atoms with Crippen LogP contribution in [0.2, 0.25) is 0 Å². The molecule has 3 N–H and O–H groups in total. The molecule has 1 fully saturated rings. The molecule has 0 spiro atoms. The Kier molecular flexibility index (Phi) is 3.96. The lowest BCUT2D eigenvalue weighted by atomic mass is 9.92. The SMILES string of the molecule is CC1(c2cccc(NS(=O)(=O)c3ccccc3F)c2)NC(=O)NC1=O. The van der Waals surface area contributed by atoms with E-state index >= 15 is 0 Å². The number of sulfonamides is 1. The molecular formula is C16H14FN3O4S. The highest BCUT2D eigenvalue weighted by Gasteiger charge is 2.43. The molecule has 3 rings (SSSR count). The molecule has 130 valence electrons. The van der Waals surface area contributed by atoms with Crippen LogP contribution in [0.3, 0.4) is 0 Å². The number of amides is 3. The van der Waals surface area contributed by atoms with E-state index in [0.29, 0.717) is 5.56 Å². The second kappa shape index (κ2) is 5.85. The van der Waals surface area contributed by atoms with Gasteiger partial charge in [0.1, 0.15) is 16.3 Å². The van der Waals surface area contributed by atoms with Gasteiger partial charge in [0, 0.05) is 5.69 Å². The van der Waals surface area contributed by atoms with Gasteiger partial charge in [-0.1, -0.05) is 24.3 Å². The number of rotatable bonds is 4. The number of carbonyl (C=O) groups is 2. The Morgan fingerprint density at radius 2 is 1.80 bits per heavy atom. The van der Waals surface area contributed by atoms with Crippen LogP contribution in [0.5, 0.6) is 0 Å². The molecule has 3 amide bonds. The summed E-state index contributed by atoms with van der Waals surface area (Å²) >= 11 is 0. The molecular weight excluding hydrogens is 349 g/mol. The predicted octanol–water partition coefficient (Wildman–Crippen LogP) is 1.68. The van der Waals surface area contributed by atoms with Gasteiger partial charge in [-0.25, -0.2) is 17.6 Å². The molecule has 1 atom stereocenters. The number of imide groups is 1. The van der Waals surface area contributed by atoms with E-state index in [1.54, 1.807) is 6.07 Å². The third-order valence-electron chi connectivity index (χ3n) is 3.86. The summed E-state index contributed by atoms with van der Waals surface area (Å²) < 4.78 is 40.7. The number of hydrogen-bond acceptors (Lipinski definition) is 4. The lowest BCUT2D eigenvalue weighted by molar-refractivity contribution is -0.123. The molecule has 0 bridgehead atoms. The van der Waals surface area contributed by atoms with E-state index in [1.165, 1.54) is 37.3 Å². The molecule has 2 aromatic rings. The molecule has 9 heteroatoms. The van der Waals surface area contributed by atoms with Gasteiger partial charge >= 0.3 is 6.03 Å². The second-order valence-corrected chi connectivity index (χ2v) is 7.30. The highest BCUT2D eigenvalue weighted by atomic mass is 32.2. The normalized spacial score (nSPS) is 20.1. The molecule has 0 aliphatic carbocycles.